The standard InChI is InChI=1S/C20H26N4O2/c25-19-15-21-24(18-8-4-3-7-17(18)19)10-9-20(26)23-13-11-22(12-14-23)16-5-1-2-6-16/h3-4,7-8,15-16H,1-2,5-6,9-14H2. The van der Waals surface area contributed by atoms with Gasteiger partial charge in [-0.05, 0) is 25.0 Å². The van der Waals surface area contributed by atoms with Crippen LogP contribution in [0.4, 0.5) is 0 Å². The van der Waals surface area contributed by atoms with Crippen molar-refractivity contribution in [2.24, 2.45) is 0 Å². The molecule has 1 amide bonds. The summed E-state index contributed by atoms with van der Waals surface area (Å²) in [5, 5.41) is 4.87. The first kappa shape index (κ1) is 17.2. The number of rotatable bonds is 4. The Morgan fingerprint density at radius 3 is 2.58 bits per heavy atom. The van der Waals surface area contributed by atoms with Crippen molar-refractivity contribution < 1.29 is 4.79 Å². The monoisotopic (exact) mass is 354 g/mol. The summed E-state index contributed by atoms with van der Waals surface area (Å²) in [6, 6.07) is 8.17. The number of hydrogen-bond donors (Lipinski definition) is 0. The van der Waals surface area contributed by atoms with Gasteiger partial charge >= 0.3 is 0 Å². The zero-order valence-electron chi connectivity index (χ0n) is 15.1. The molecule has 0 radical (unpaired) electrons. The van der Waals surface area contributed by atoms with E-state index in [9.17, 15) is 9.59 Å². The molecule has 1 aliphatic carbocycles. The van der Waals surface area contributed by atoms with Gasteiger partial charge in [0.1, 0.15) is 0 Å². The number of nitrogens with zero attached hydrogens (tertiary/aromatic N) is 4. The van der Waals surface area contributed by atoms with Gasteiger partial charge in [-0.2, -0.15) is 5.10 Å². The van der Waals surface area contributed by atoms with Gasteiger partial charge in [0.05, 0.1) is 18.3 Å². The Labute approximate surface area is 153 Å². The lowest BCUT2D eigenvalue weighted by atomic mass is 10.1. The molecule has 2 aromatic rings. The molecule has 0 spiro atoms. The van der Waals surface area contributed by atoms with Gasteiger partial charge in [-0.15, -0.1) is 0 Å². The Kier molecular flexibility index (Phi) is 5.02. The lowest BCUT2D eigenvalue weighted by Gasteiger charge is -2.38. The predicted octanol–water partition coefficient (Wildman–Crippen LogP) is 1.87. The molecule has 26 heavy (non-hydrogen) atoms. The van der Waals surface area contributed by atoms with Gasteiger partial charge < -0.3 is 4.90 Å². The minimum absolute atomic E-state index is 0.0776. The van der Waals surface area contributed by atoms with Crippen molar-refractivity contribution in [3.63, 3.8) is 0 Å². The van der Waals surface area contributed by atoms with Crippen LogP contribution in [0.2, 0.25) is 0 Å². The number of benzene rings is 1. The molecule has 2 heterocycles. The second-order valence-corrected chi connectivity index (χ2v) is 7.35. The Balaban J connectivity index is 1.35. The van der Waals surface area contributed by atoms with Gasteiger partial charge in [0.2, 0.25) is 11.3 Å². The topological polar surface area (TPSA) is 58.4 Å². The maximum Gasteiger partial charge on any atom is 0.224 e. The zero-order valence-corrected chi connectivity index (χ0v) is 15.1. The summed E-state index contributed by atoms with van der Waals surface area (Å²) in [4.78, 5) is 29.1. The highest BCUT2D eigenvalue weighted by Crippen LogP contribution is 2.24. The van der Waals surface area contributed by atoms with Crippen molar-refractivity contribution in [1.29, 1.82) is 0 Å². The molecule has 0 bridgehead atoms. The number of piperazine rings is 1. The summed E-state index contributed by atoms with van der Waals surface area (Å²) in [6.07, 6.45) is 7.10. The highest BCUT2D eigenvalue weighted by Gasteiger charge is 2.27. The quantitative estimate of drug-likeness (QED) is 0.841. The largest absolute Gasteiger partial charge is 0.340 e. The number of para-hydroxylation sites is 1. The molecule has 1 aromatic carbocycles. The maximum atomic E-state index is 12.6. The van der Waals surface area contributed by atoms with E-state index in [-0.39, 0.29) is 11.3 Å². The SMILES string of the molecule is O=C(CCn1ncc(=O)c2ccccc21)N1CCN(C2CCCC2)CC1. The molecule has 6 nitrogen and oxygen atoms in total. The molecule has 1 aromatic heterocycles. The Bertz CT molecular complexity index is 833. The number of amides is 1. The molecular formula is C20H26N4O2. The van der Waals surface area contributed by atoms with Crippen LogP contribution in [-0.2, 0) is 11.3 Å². The second-order valence-electron chi connectivity index (χ2n) is 7.35. The van der Waals surface area contributed by atoms with Crippen LogP contribution in [0.5, 0.6) is 0 Å². The Hall–Kier alpha value is -2.21. The molecule has 0 N–H and O–H groups in total. The van der Waals surface area contributed by atoms with Crippen molar-refractivity contribution in [2.75, 3.05) is 26.2 Å². The first-order valence-electron chi connectivity index (χ1n) is 9.69. The maximum absolute atomic E-state index is 12.6. The van der Waals surface area contributed by atoms with E-state index in [1.54, 1.807) is 10.7 Å². The third-order valence-corrected chi connectivity index (χ3v) is 5.81. The van der Waals surface area contributed by atoms with Crippen LogP contribution < -0.4 is 5.43 Å². The van der Waals surface area contributed by atoms with Crippen LogP contribution in [0.15, 0.2) is 35.3 Å². The molecule has 6 heteroatoms. The van der Waals surface area contributed by atoms with Gasteiger partial charge in [-0.3, -0.25) is 19.2 Å². The average molecular weight is 354 g/mol. The number of hydrogen-bond acceptors (Lipinski definition) is 4. The molecular weight excluding hydrogens is 328 g/mol. The van der Waals surface area contributed by atoms with E-state index >= 15 is 0 Å². The fourth-order valence-electron chi connectivity index (χ4n) is 4.30. The van der Waals surface area contributed by atoms with E-state index in [1.165, 1.54) is 31.9 Å². The Morgan fingerprint density at radius 2 is 1.81 bits per heavy atom. The molecule has 1 saturated carbocycles. The van der Waals surface area contributed by atoms with E-state index in [0.29, 0.717) is 18.4 Å². The van der Waals surface area contributed by atoms with Crippen molar-refractivity contribution in [1.82, 2.24) is 19.6 Å². The van der Waals surface area contributed by atoms with Crippen LogP contribution in [-0.4, -0.2) is 57.7 Å². The molecule has 2 aliphatic rings. The summed E-state index contributed by atoms with van der Waals surface area (Å²) >= 11 is 0. The molecule has 1 saturated heterocycles. The van der Waals surface area contributed by atoms with Crippen molar-refractivity contribution in [3.8, 4) is 0 Å². The third kappa shape index (κ3) is 3.51. The van der Waals surface area contributed by atoms with Gasteiger partial charge in [-0.1, -0.05) is 25.0 Å². The fraction of sp³-hybridized carbons (Fsp3) is 0.550. The first-order valence-corrected chi connectivity index (χ1v) is 9.69. The van der Waals surface area contributed by atoms with E-state index in [0.717, 1.165) is 37.7 Å². The van der Waals surface area contributed by atoms with Crippen molar-refractivity contribution in [3.05, 3.63) is 40.7 Å². The summed E-state index contributed by atoms with van der Waals surface area (Å²) in [6.45, 7) is 4.15. The number of carbonyl (C=O) groups is 1. The minimum Gasteiger partial charge on any atom is -0.340 e. The van der Waals surface area contributed by atoms with Crippen LogP contribution in [0.1, 0.15) is 32.1 Å². The molecule has 0 unspecified atom stereocenters. The smallest absolute Gasteiger partial charge is 0.224 e. The van der Waals surface area contributed by atoms with Gasteiger partial charge in [0.25, 0.3) is 0 Å². The predicted molar refractivity (Wildman–Crippen MR) is 101 cm³/mol. The normalized spacial score (nSPS) is 19.3. The number of aromatic nitrogens is 2. The van der Waals surface area contributed by atoms with Crippen molar-refractivity contribution in [2.45, 2.75) is 44.7 Å². The van der Waals surface area contributed by atoms with Gasteiger partial charge in [0, 0.05) is 44.0 Å². The molecule has 138 valence electrons. The molecule has 1 aliphatic heterocycles. The summed E-state index contributed by atoms with van der Waals surface area (Å²) in [7, 11) is 0. The third-order valence-electron chi connectivity index (χ3n) is 5.81. The van der Waals surface area contributed by atoms with Crippen LogP contribution >= 0.6 is 0 Å². The van der Waals surface area contributed by atoms with E-state index in [4.69, 9.17) is 0 Å². The highest BCUT2D eigenvalue weighted by atomic mass is 16.2. The summed E-state index contributed by atoms with van der Waals surface area (Å²) in [5.41, 5.74) is 0.713. The molecule has 2 fully saturated rings. The zero-order chi connectivity index (χ0) is 17.9. The summed E-state index contributed by atoms with van der Waals surface area (Å²) < 4.78 is 1.77. The van der Waals surface area contributed by atoms with E-state index in [2.05, 4.69) is 10.00 Å². The fourth-order valence-corrected chi connectivity index (χ4v) is 4.30. The lowest BCUT2D eigenvalue weighted by Crippen LogP contribution is -2.51. The average Bonchev–Trinajstić information content (AvgIpc) is 3.22. The highest BCUT2D eigenvalue weighted by molar-refractivity contribution is 5.79. The van der Waals surface area contributed by atoms with Crippen LogP contribution in [0, 0.1) is 0 Å². The van der Waals surface area contributed by atoms with Crippen LogP contribution in [0.3, 0.4) is 0 Å². The molecule has 4 rings (SSSR count). The minimum atomic E-state index is -0.0776. The lowest BCUT2D eigenvalue weighted by molar-refractivity contribution is -0.133. The van der Waals surface area contributed by atoms with Crippen LogP contribution in [0.25, 0.3) is 10.9 Å². The number of aryl methyl sites for hydroxylation is 1. The number of fused-ring (bicyclic) bond motifs is 1. The second kappa shape index (κ2) is 7.58. The summed E-state index contributed by atoms with van der Waals surface area (Å²) in [5.74, 6) is 0.181. The first-order chi connectivity index (χ1) is 12.7. The van der Waals surface area contributed by atoms with E-state index < -0.39 is 0 Å². The Morgan fingerprint density at radius 1 is 1.08 bits per heavy atom. The molecule has 0 atom stereocenters. The van der Waals surface area contributed by atoms with Gasteiger partial charge in [0.15, 0.2) is 0 Å². The van der Waals surface area contributed by atoms with E-state index in [1.807, 2.05) is 23.1 Å². The number of carbonyl (C=O) groups excluding carboxylic acids is 1. The van der Waals surface area contributed by atoms with Gasteiger partial charge in [-0.25, -0.2) is 0 Å². The van der Waals surface area contributed by atoms with Crippen molar-refractivity contribution >= 4 is 16.8 Å².